The zero-order chi connectivity index (χ0) is 23.8. The molecule has 1 heterocycles. The highest BCUT2D eigenvalue weighted by Gasteiger charge is 2.14. The highest BCUT2D eigenvalue weighted by molar-refractivity contribution is 7.13. The molecule has 176 valence electrons. The third kappa shape index (κ3) is 5.63. The number of hydrogen-bond donors (Lipinski definition) is 0. The van der Waals surface area contributed by atoms with Crippen molar-refractivity contribution in [2.24, 2.45) is 0 Å². The lowest BCUT2D eigenvalue weighted by Crippen LogP contribution is -2.09. The van der Waals surface area contributed by atoms with Gasteiger partial charge in [-0.15, -0.1) is 11.3 Å². The molecule has 0 saturated carbocycles. The average Bonchev–Trinajstić information content (AvgIpc) is 3.36. The molecule has 0 amide bonds. The summed E-state index contributed by atoms with van der Waals surface area (Å²) in [5.74, 6) is 1.69. The van der Waals surface area contributed by atoms with Gasteiger partial charge in [-0.3, -0.25) is 0 Å². The minimum atomic E-state index is 0.845. The summed E-state index contributed by atoms with van der Waals surface area (Å²) in [6, 6.07) is 27.6. The number of unbranched alkanes of at least 4 members (excludes halogenated alkanes) is 3. The summed E-state index contributed by atoms with van der Waals surface area (Å²) in [6.45, 7) is 2.26. The Labute approximate surface area is 207 Å². The van der Waals surface area contributed by atoms with Gasteiger partial charge in [0.25, 0.3) is 0 Å². The van der Waals surface area contributed by atoms with Crippen LogP contribution in [0.15, 0.2) is 84.2 Å². The molecule has 0 aliphatic rings. The molecule has 0 atom stereocenters. The Morgan fingerprint density at radius 3 is 1.68 bits per heavy atom. The van der Waals surface area contributed by atoms with Crippen molar-refractivity contribution in [1.82, 2.24) is 0 Å². The minimum Gasteiger partial charge on any atom is -0.497 e. The topological polar surface area (TPSA) is 21.7 Å². The second-order valence-electron chi connectivity index (χ2n) is 8.36. The smallest absolute Gasteiger partial charge is 0.119 e. The Hall–Kier alpha value is -3.24. The zero-order valence-electron chi connectivity index (χ0n) is 20.3. The predicted octanol–water partition coefficient (Wildman–Crippen LogP) is 9.02. The van der Waals surface area contributed by atoms with Gasteiger partial charge in [0.15, 0.2) is 0 Å². The van der Waals surface area contributed by atoms with Crippen molar-refractivity contribution in [3.05, 3.63) is 89.8 Å². The van der Waals surface area contributed by atoms with E-state index in [-0.39, 0.29) is 0 Å². The van der Waals surface area contributed by atoms with Crippen LogP contribution in [0.4, 0.5) is 17.1 Å². The number of benzene rings is 3. The number of nitrogens with zero attached hydrogens (tertiary/aromatic N) is 1. The van der Waals surface area contributed by atoms with E-state index in [0.29, 0.717) is 0 Å². The van der Waals surface area contributed by atoms with E-state index in [4.69, 9.17) is 9.47 Å². The van der Waals surface area contributed by atoms with Crippen molar-refractivity contribution in [3.8, 4) is 21.9 Å². The highest BCUT2D eigenvalue weighted by Crippen LogP contribution is 2.38. The van der Waals surface area contributed by atoms with Crippen molar-refractivity contribution in [2.75, 3.05) is 19.1 Å². The average molecular weight is 472 g/mol. The normalized spacial score (nSPS) is 10.8. The molecule has 1 aromatic heterocycles. The first kappa shape index (κ1) is 23.9. The van der Waals surface area contributed by atoms with E-state index < -0.39 is 0 Å². The van der Waals surface area contributed by atoms with E-state index in [9.17, 15) is 0 Å². The van der Waals surface area contributed by atoms with Gasteiger partial charge in [-0.05, 0) is 96.1 Å². The fraction of sp³-hybridized carbons (Fsp3) is 0.267. The summed E-state index contributed by atoms with van der Waals surface area (Å²) in [5, 5.41) is 2.22. The Morgan fingerprint density at radius 2 is 1.18 bits per heavy atom. The Balaban J connectivity index is 1.63. The maximum Gasteiger partial charge on any atom is 0.119 e. The number of ether oxygens (including phenoxy) is 2. The van der Waals surface area contributed by atoms with Gasteiger partial charge in [0.1, 0.15) is 11.5 Å². The number of hydrogen-bond acceptors (Lipinski definition) is 4. The van der Waals surface area contributed by atoms with Crippen molar-refractivity contribution in [2.45, 2.75) is 39.0 Å². The molecule has 0 aliphatic heterocycles. The first-order chi connectivity index (χ1) is 16.7. The molecular weight excluding hydrogens is 438 g/mol. The van der Waals surface area contributed by atoms with E-state index >= 15 is 0 Å². The Morgan fingerprint density at radius 1 is 0.647 bits per heavy atom. The predicted molar refractivity (Wildman–Crippen MR) is 145 cm³/mol. The number of thiophene rings is 1. The van der Waals surface area contributed by atoms with Gasteiger partial charge in [-0.25, -0.2) is 0 Å². The molecule has 4 aromatic rings. The lowest BCUT2D eigenvalue weighted by molar-refractivity contribution is 0.415. The molecule has 0 spiro atoms. The third-order valence-electron chi connectivity index (χ3n) is 6.10. The summed E-state index contributed by atoms with van der Waals surface area (Å²) >= 11 is 1.84. The number of methoxy groups -OCH3 is 2. The molecule has 0 aliphatic carbocycles. The molecule has 34 heavy (non-hydrogen) atoms. The SMILES string of the molecule is CCCCCCc1ccsc1-c1ccc(N(c2ccc(OC)cc2)c2ccc(OC)cc2)cc1. The maximum atomic E-state index is 5.37. The van der Waals surface area contributed by atoms with Gasteiger partial charge < -0.3 is 14.4 Å². The Kier molecular flexibility index (Phi) is 8.26. The van der Waals surface area contributed by atoms with Crippen LogP contribution in [0.3, 0.4) is 0 Å². The molecule has 0 fully saturated rings. The second kappa shape index (κ2) is 11.8. The highest BCUT2D eigenvalue weighted by atomic mass is 32.1. The first-order valence-corrected chi connectivity index (χ1v) is 12.9. The standard InChI is InChI=1S/C30H33NO2S/c1-4-5-6-7-8-23-21-22-34-30(23)24-9-11-25(12-10-24)31(26-13-17-28(32-2)18-14-26)27-15-19-29(33-3)20-16-27/h9-22H,4-8H2,1-3H3. The molecule has 0 N–H and O–H groups in total. The molecular formula is C30H33NO2S. The van der Waals surface area contributed by atoms with Crippen LogP contribution >= 0.6 is 11.3 Å². The van der Waals surface area contributed by atoms with Crippen molar-refractivity contribution in [1.29, 1.82) is 0 Å². The summed E-state index contributed by atoms with van der Waals surface area (Å²) in [5.41, 5.74) is 6.02. The van der Waals surface area contributed by atoms with Crippen LogP contribution in [0.1, 0.15) is 38.2 Å². The van der Waals surface area contributed by atoms with Gasteiger partial charge in [0.05, 0.1) is 14.2 Å². The second-order valence-corrected chi connectivity index (χ2v) is 9.28. The number of rotatable bonds is 11. The van der Waals surface area contributed by atoms with Crippen LogP contribution in [0, 0.1) is 0 Å². The summed E-state index contributed by atoms with van der Waals surface area (Å²) in [6.07, 6.45) is 6.32. The van der Waals surface area contributed by atoms with Crippen LogP contribution in [0.2, 0.25) is 0 Å². The van der Waals surface area contributed by atoms with Gasteiger partial charge in [-0.1, -0.05) is 38.3 Å². The van der Waals surface area contributed by atoms with Crippen molar-refractivity contribution >= 4 is 28.4 Å². The van der Waals surface area contributed by atoms with E-state index in [1.165, 1.54) is 41.7 Å². The van der Waals surface area contributed by atoms with E-state index in [1.807, 2.05) is 35.6 Å². The lowest BCUT2D eigenvalue weighted by Gasteiger charge is -2.26. The minimum absolute atomic E-state index is 0.845. The van der Waals surface area contributed by atoms with Gasteiger partial charge in [0, 0.05) is 21.9 Å². The summed E-state index contributed by atoms with van der Waals surface area (Å²) in [7, 11) is 3.38. The van der Waals surface area contributed by atoms with Crippen LogP contribution in [0.5, 0.6) is 11.5 Å². The van der Waals surface area contributed by atoms with Gasteiger partial charge >= 0.3 is 0 Å². The molecule has 0 saturated heterocycles. The molecule has 4 rings (SSSR count). The van der Waals surface area contributed by atoms with Gasteiger partial charge in [0.2, 0.25) is 0 Å². The molecule has 3 aromatic carbocycles. The molecule has 4 heteroatoms. The third-order valence-corrected chi connectivity index (χ3v) is 7.10. The van der Waals surface area contributed by atoms with Crippen LogP contribution in [-0.2, 0) is 6.42 Å². The van der Waals surface area contributed by atoms with Crippen LogP contribution in [0.25, 0.3) is 10.4 Å². The fourth-order valence-electron chi connectivity index (χ4n) is 4.20. The van der Waals surface area contributed by atoms with Gasteiger partial charge in [-0.2, -0.15) is 0 Å². The lowest BCUT2D eigenvalue weighted by atomic mass is 10.0. The van der Waals surface area contributed by atoms with Crippen molar-refractivity contribution in [3.63, 3.8) is 0 Å². The molecule has 0 radical (unpaired) electrons. The quantitative estimate of drug-likeness (QED) is 0.204. The summed E-state index contributed by atoms with van der Waals surface area (Å²) in [4.78, 5) is 3.64. The van der Waals surface area contributed by atoms with E-state index in [0.717, 1.165) is 35.0 Å². The number of aryl methyl sites for hydroxylation is 1. The fourth-order valence-corrected chi connectivity index (χ4v) is 5.16. The van der Waals surface area contributed by atoms with Crippen LogP contribution < -0.4 is 14.4 Å². The molecule has 0 unspecified atom stereocenters. The largest absolute Gasteiger partial charge is 0.497 e. The Bertz CT molecular complexity index is 1100. The molecule has 3 nitrogen and oxygen atoms in total. The van der Waals surface area contributed by atoms with E-state index in [1.54, 1.807) is 14.2 Å². The first-order valence-electron chi connectivity index (χ1n) is 12.0. The number of anilines is 3. The van der Waals surface area contributed by atoms with E-state index in [2.05, 4.69) is 71.8 Å². The summed E-state index contributed by atoms with van der Waals surface area (Å²) < 4.78 is 10.7. The maximum absolute atomic E-state index is 5.37. The molecule has 0 bridgehead atoms. The van der Waals surface area contributed by atoms with Crippen molar-refractivity contribution < 1.29 is 9.47 Å². The zero-order valence-corrected chi connectivity index (χ0v) is 21.1. The van der Waals surface area contributed by atoms with Crippen LogP contribution in [-0.4, -0.2) is 14.2 Å². The monoisotopic (exact) mass is 471 g/mol.